The average molecular weight is 263 g/mol. The summed E-state index contributed by atoms with van der Waals surface area (Å²) >= 11 is 0. The van der Waals surface area contributed by atoms with Gasteiger partial charge in [-0.2, -0.15) is 0 Å². The second-order valence-corrected chi connectivity index (χ2v) is 4.98. The lowest BCUT2D eigenvalue weighted by atomic mass is 10.1. The van der Waals surface area contributed by atoms with Crippen LogP contribution in [0.4, 0.5) is 0 Å². The highest BCUT2D eigenvalue weighted by Crippen LogP contribution is 2.17. The number of carboxylic acids is 1. The summed E-state index contributed by atoms with van der Waals surface area (Å²) in [7, 11) is 0. The minimum atomic E-state index is -0.829. The standard InChI is InChI=1S/C15H21NO3/c17-15(18)7-10-19-14-6-4-5-13(11-14)12-16-8-2-1-3-9-16/h4-6,11H,1-3,7-10,12H2,(H,17,18). The summed E-state index contributed by atoms with van der Waals surface area (Å²) in [5, 5.41) is 8.58. The van der Waals surface area contributed by atoms with Crippen molar-refractivity contribution in [3.63, 3.8) is 0 Å². The Morgan fingerprint density at radius 3 is 2.79 bits per heavy atom. The maximum absolute atomic E-state index is 10.4. The zero-order valence-electron chi connectivity index (χ0n) is 11.2. The van der Waals surface area contributed by atoms with Gasteiger partial charge in [-0.1, -0.05) is 18.6 Å². The maximum Gasteiger partial charge on any atom is 0.306 e. The van der Waals surface area contributed by atoms with Crippen molar-refractivity contribution < 1.29 is 14.6 Å². The number of nitrogens with zero attached hydrogens (tertiary/aromatic N) is 1. The van der Waals surface area contributed by atoms with Crippen LogP contribution in [-0.4, -0.2) is 35.7 Å². The lowest BCUT2D eigenvalue weighted by molar-refractivity contribution is -0.137. The largest absolute Gasteiger partial charge is 0.493 e. The van der Waals surface area contributed by atoms with E-state index in [0.29, 0.717) is 0 Å². The molecule has 1 aromatic carbocycles. The Kier molecular flexibility index (Phi) is 5.21. The maximum atomic E-state index is 10.4. The van der Waals surface area contributed by atoms with Gasteiger partial charge in [-0.25, -0.2) is 0 Å². The van der Waals surface area contributed by atoms with Crippen LogP contribution in [0.5, 0.6) is 5.75 Å². The Balaban J connectivity index is 1.85. The Bertz CT molecular complexity index is 414. The lowest BCUT2D eigenvalue weighted by Gasteiger charge is -2.26. The van der Waals surface area contributed by atoms with E-state index in [9.17, 15) is 4.79 Å². The molecule has 4 heteroatoms. The summed E-state index contributed by atoms with van der Waals surface area (Å²) in [6.07, 6.45) is 3.95. The van der Waals surface area contributed by atoms with E-state index in [1.54, 1.807) is 0 Å². The van der Waals surface area contributed by atoms with Crippen LogP contribution in [0.1, 0.15) is 31.2 Å². The molecule has 1 saturated heterocycles. The van der Waals surface area contributed by atoms with E-state index in [2.05, 4.69) is 11.0 Å². The summed E-state index contributed by atoms with van der Waals surface area (Å²) in [5.41, 5.74) is 1.23. The summed E-state index contributed by atoms with van der Waals surface area (Å²) < 4.78 is 5.45. The van der Waals surface area contributed by atoms with Gasteiger partial charge in [0.2, 0.25) is 0 Å². The third-order valence-corrected chi connectivity index (χ3v) is 3.34. The first-order valence-corrected chi connectivity index (χ1v) is 6.90. The number of hydrogen-bond acceptors (Lipinski definition) is 3. The number of rotatable bonds is 6. The molecule has 4 nitrogen and oxygen atoms in total. The summed E-state index contributed by atoms with van der Waals surface area (Å²) in [6, 6.07) is 7.95. The Labute approximate surface area is 114 Å². The number of carbonyl (C=O) groups is 1. The van der Waals surface area contributed by atoms with Crippen LogP contribution >= 0.6 is 0 Å². The molecule has 104 valence electrons. The monoisotopic (exact) mass is 263 g/mol. The van der Waals surface area contributed by atoms with Crippen molar-refractivity contribution in [1.82, 2.24) is 4.90 Å². The second kappa shape index (κ2) is 7.14. The van der Waals surface area contributed by atoms with Gasteiger partial charge in [0.25, 0.3) is 0 Å². The first kappa shape index (κ1) is 13.9. The van der Waals surface area contributed by atoms with E-state index in [1.807, 2.05) is 18.2 Å². The van der Waals surface area contributed by atoms with Crippen LogP contribution in [0.25, 0.3) is 0 Å². The zero-order valence-corrected chi connectivity index (χ0v) is 11.2. The zero-order chi connectivity index (χ0) is 13.5. The molecule has 1 aliphatic heterocycles. The van der Waals surface area contributed by atoms with Crippen molar-refractivity contribution in [3.8, 4) is 5.75 Å². The van der Waals surface area contributed by atoms with E-state index in [-0.39, 0.29) is 13.0 Å². The predicted molar refractivity (Wildman–Crippen MR) is 73.3 cm³/mol. The van der Waals surface area contributed by atoms with E-state index in [0.717, 1.165) is 12.3 Å². The molecule has 0 amide bonds. The first-order valence-electron chi connectivity index (χ1n) is 6.90. The topological polar surface area (TPSA) is 49.8 Å². The molecule has 0 unspecified atom stereocenters. The van der Waals surface area contributed by atoms with Crippen molar-refractivity contribution in [2.45, 2.75) is 32.2 Å². The quantitative estimate of drug-likeness (QED) is 0.857. The average Bonchev–Trinajstić information content (AvgIpc) is 2.40. The number of likely N-dealkylation sites (tertiary alicyclic amines) is 1. The Hall–Kier alpha value is -1.55. The number of piperidine rings is 1. The van der Waals surface area contributed by atoms with Crippen molar-refractivity contribution in [3.05, 3.63) is 29.8 Å². The van der Waals surface area contributed by atoms with Crippen molar-refractivity contribution in [2.75, 3.05) is 19.7 Å². The molecule has 0 atom stereocenters. The van der Waals surface area contributed by atoms with Crippen molar-refractivity contribution >= 4 is 5.97 Å². The number of benzene rings is 1. The molecule has 0 saturated carbocycles. The van der Waals surface area contributed by atoms with Gasteiger partial charge in [0.15, 0.2) is 0 Å². The molecule has 19 heavy (non-hydrogen) atoms. The van der Waals surface area contributed by atoms with E-state index < -0.39 is 5.97 Å². The van der Waals surface area contributed by atoms with Gasteiger partial charge >= 0.3 is 5.97 Å². The Morgan fingerprint density at radius 1 is 1.26 bits per heavy atom. The van der Waals surface area contributed by atoms with Crippen LogP contribution in [0, 0.1) is 0 Å². The number of ether oxygens (including phenoxy) is 1. The molecule has 1 N–H and O–H groups in total. The van der Waals surface area contributed by atoms with Gasteiger partial charge in [-0.3, -0.25) is 9.69 Å². The van der Waals surface area contributed by atoms with Crippen LogP contribution in [0.2, 0.25) is 0 Å². The van der Waals surface area contributed by atoms with Gasteiger partial charge in [-0.05, 0) is 43.6 Å². The van der Waals surface area contributed by atoms with Crippen LogP contribution in [-0.2, 0) is 11.3 Å². The second-order valence-electron chi connectivity index (χ2n) is 4.98. The fourth-order valence-corrected chi connectivity index (χ4v) is 2.37. The molecule has 1 aliphatic rings. The van der Waals surface area contributed by atoms with Crippen molar-refractivity contribution in [2.24, 2.45) is 0 Å². The minimum absolute atomic E-state index is 0.0380. The molecule has 1 heterocycles. The number of aliphatic carboxylic acids is 1. The third kappa shape index (κ3) is 4.91. The molecule has 2 rings (SSSR count). The van der Waals surface area contributed by atoms with Crippen LogP contribution in [0.3, 0.4) is 0 Å². The van der Waals surface area contributed by atoms with Gasteiger partial charge in [0, 0.05) is 6.54 Å². The highest BCUT2D eigenvalue weighted by Gasteiger charge is 2.10. The van der Waals surface area contributed by atoms with Gasteiger partial charge in [0.1, 0.15) is 5.75 Å². The van der Waals surface area contributed by atoms with Crippen molar-refractivity contribution in [1.29, 1.82) is 0 Å². The van der Waals surface area contributed by atoms with E-state index >= 15 is 0 Å². The number of carboxylic acid groups (broad SMARTS) is 1. The molecular formula is C15H21NO3. The third-order valence-electron chi connectivity index (χ3n) is 3.34. The number of hydrogen-bond donors (Lipinski definition) is 1. The highest BCUT2D eigenvalue weighted by molar-refractivity contribution is 5.66. The smallest absolute Gasteiger partial charge is 0.306 e. The Morgan fingerprint density at radius 2 is 2.05 bits per heavy atom. The normalized spacial score (nSPS) is 16.2. The minimum Gasteiger partial charge on any atom is -0.493 e. The highest BCUT2D eigenvalue weighted by atomic mass is 16.5. The molecule has 1 aromatic rings. The fourth-order valence-electron chi connectivity index (χ4n) is 2.37. The van der Waals surface area contributed by atoms with Gasteiger partial charge in [-0.15, -0.1) is 0 Å². The molecule has 0 bridgehead atoms. The molecular weight excluding hydrogens is 242 g/mol. The van der Waals surface area contributed by atoms with Crippen LogP contribution in [0.15, 0.2) is 24.3 Å². The van der Waals surface area contributed by atoms with Gasteiger partial charge < -0.3 is 9.84 Å². The lowest BCUT2D eigenvalue weighted by Crippen LogP contribution is -2.29. The van der Waals surface area contributed by atoms with Gasteiger partial charge in [0.05, 0.1) is 13.0 Å². The van der Waals surface area contributed by atoms with Crippen LogP contribution < -0.4 is 4.74 Å². The molecule has 0 spiro atoms. The van der Waals surface area contributed by atoms with E-state index in [4.69, 9.17) is 9.84 Å². The summed E-state index contributed by atoms with van der Waals surface area (Å²) in [6.45, 7) is 3.52. The molecule has 0 aliphatic carbocycles. The molecule has 0 aromatic heterocycles. The molecule has 1 fully saturated rings. The SMILES string of the molecule is O=C(O)CCOc1cccc(CN2CCCCC2)c1. The summed E-state index contributed by atoms with van der Waals surface area (Å²) in [5.74, 6) is -0.0692. The predicted octanol–water partition coefficient (Wildman–Crippen LogP) is 2.53. The summed E-state index contributed by atoms with van der Waals surface area (Å²) in [4.78, 5) is 12.9. The fraction of sp³-hybridized carbons (Fsp3) is 0.533. The first-order chi connectivity index (χ1) is 9.24. The molecule has 0 radical (unpaired) electrons. The van der Waals surface area contributed by atoms with E-state index in [1.165, 1.54) is 37.9 Å².